The second kappa shape index (κ2) is 9.49. The molecule has 0 saturated carbocycles. The number of anilines is 1. The Labute approximate surface area is 184 Å². The fourth-order valence-corrected chi connectivity index (χ4v) is 3.18. The van der Waals surface area contributed by atoms with Gasteiger partial charge in [0.2, 0.25) is 0 Å². The minimum absolute atomic E-state index is 0.00547. The number of benzene rings is 2. The number of carbonyl (C=O) groups excluding carboxylic acids is 1. The van der Waals surface area contributed by atoms with Gasteiger partial charge in [-0.05, 0) is 35.9 Å². The normalized spacial score (nSPS) is 11.1. The Morgan fingerprint density at radius 3 is 2.59 bits per heavy atom. The van der Waals surface area contributed by atoms with Crippen LogP contribution in [0.1, 0.15) is 11.1 Å². The van der Waals surface area contributed by atoms with Gasteiger partial charge in [-0.3, -0.25) is 14.5 Å². The highest BCUT2D eigenvalue weighted by Crippen LogP contribution is 2.24. The maximum absolute atomic E-state index is 13.9. The molecule has 4 aromatic rings. The first-order chi connectivity index (χ1) is 15.6. The number of amides is 1. The zero-order valence-corrected chi connectivity index (χ0v) is 16.9. The summed E-state index contributed by atoms with van der Waals surface area (Å²) in [7, 11) is 0. The van der Waals surface area contributed by atoms with Gasteiger partial charge < -0.3 is 5.32 Å². The number of halogens is 1. The van der Waals surface area contributed by atoms with Gasteiger partial charge in [-0.1, -0.05) is 42.5 Å². The summed E-state index contributed by atoms with van der Waals surface area (Å²) in [6.07, 6.45) is 6.54. The lowest BCUT2D eigenvalue weighted by atomic mass is 10.1. The lowest BCUT2D eigenvalue weighted by molar-refractivity contribution is -0.112. The van der Waals surface area contributed by atoms with Crippen LogP contribution in [-0.2, 0) is 11.3 Å². The van der Waals surface area contributed by atoms with Gasteiger partial charge in [0, 0.05) is 29.7 Å². The third-order valence-corrected chi connectivity index (χ3v) is 4.70. The highest BCUT2D eigenvalue weighted by molar-refractivity contribution is 6.10. The van der Waals surface area contributed by atoms with Crippen LogP contribution >= 0.6 is 0 Å². The van der Waals surface area contributed by atoms with Crippen molar-refractivity contribution in [3.8, 4) is 17.3 Å². The van der Waals surface area contributed by atoms with Crippen molar-refractivity contribution in [1.29, 1.82) is 5.26 Å². The van der Waals surface area contributed by atoms with Crippen molar-refractivity contribution in [3.05, 3.63) is 108 Å². The number of hydrogen-bond donors (Lipinski definition) is 1. The quantitative estimate of drug-likeness (QED) is 0.361. The van der Waals surface area contributed by atoms with Gasteiger partial charge in [0.15, 0.2) is 0 Å². The molecule has 0 aliphatic rings. The maximum atomic E-state index is 13.9. The molecule has 0 aliphatic carbocycles. The Hall–Kier alpha value is -4.57. The van der Waals surface area contributed by atoms with E-state index in [1.54, 1.807) is 35.4 Å². The van der Waals surface area contributed by atoms with Gasteiger partial charge in [-0.15, -0.1) is 0 Å². The molecule has 0 radical (unpaired) electrons. The fourth-order valence-electron chi connectivity index (χ4n) is 3.18. The number of carbonyl (C=O) groups is 1. The van der Waals surface area contributed by atoms with Crippen LogP contribution in [0.15, 0.2) is 90.9 Å². The lowest BCUT2D eigenvalue weighted by Gasteiger charge is -2.05. The molecule has 32 heavy (non-hydrogen) atoms. The Morgan fingerprint density at radius 1 is 1.09 bits per heavy atom. The summed E-state index contributed by atoms with van der Waals surface area (Å²) in [6.45, 7) is 0.519. The summed E-state index contributed by atoms with van der Waals surface area (Å²) >= 11 is 0. The van der Waals surface area contributed by atoms with E-state index >= 15 is 0 Å². The smallest absolute Gasteiger partial charge is 0.266 e. The zero-order valence-electron chi connectivity index (χ0n) is 16.9. The van der Waals surface area contributed by atoms with E-state index in [-0.39, 0.29) is 11.3 Å². The molecule has 0 bridgehead atoms. The van der Waals surface area contributed by atoms with Crippen LogP contribution in [-0.4, -0.2) is 20.7 Å². The Bertz CT molecular complexity index is 1310. The molecule has 156 valence electrons. The van der Waals surface area contributed by atoms with Crippen molar-refractivity contribution < 1.29 is 9.18 Å². The molecular weight excluding hydrogens is 405 g/mol. The molecule has 0 spiro atoms. The number of hydrogen-bond acceptors (Lipinski definition) is 4. The van der Waals surface area contributed by atoms with Gasteiger partial charge in [-0.2, -0.15) is 10.4 Å². The number of pyridine rings is 1. The fraction of sp³-hybridized carbons (Fsp3) is 0.0400. The van der Waals surface area contributed by atoms with Gasteiger partial charge in [0.25, 0.3) is 5.91 Å². The number of nitrogens with one attached hydrogen (secondary N) is 1. The number of para-hydroxylation sites is 1. The standard InChI is InChI=1S/C25H18FN5O/c26-22-10-4-5-11-23(22)29-25(32)20(14-27)13-21-17-31(16-18-7-2-1-3-8-18)30-24(21)19-9-6-12-28-15-19/h1-13,15,17H,16H2,(H,29,32)/b20-13+. The lowest BCUT2D eigenvalue weighted by Crippen LogP contribution is -2.14. The second-order valence-corrected chi connectivity index (χ2v) is 6.96. The van der Waals surface area contributed by atoms with E-state index in [0.29, 0.717) is 17.8 Å². The molecule has 0 atom stereocenters. The first-order valence-corrected chi connectivity index (χ1v) is 9.83. The molecule has 1 N–H and O–H groups in total. The first-order valence-electron chi connectivity index (χ1n) is 9.83. The van der Waals surface area contributed by atoms with E-state index < -0.39 is 11.7 Å². The van der Waals surface area contributed by atoms with Gasteiger partial charge in [0.1, 0.15) is 23.2 Å². The van der Waals surface area contributed by atoms with Crippen molar-refractivity contribution in [2.45, 2.75) is 6.54 Å². The van der Waals surface area contributed by atoms with Crippen LogP contribution < -0.4 is 5.32 Å². The molecular formula is C25H18FN5O. The molecule has 4 rings (SSSR count). The maximum Gasteiger partial charge on any atom is 0.266 e. The van der Waals surface area contributed by atoms with Crippen LogP contribution in [0, 0.1) is 17.1 Å². The molecule has 2 heterocycles. The van der Waals surface area contributed by atoms with Gasteiger partial charge in [0.05, 0.1) is 12.2 Å². The van der Waals surface area contributed by atoms with E-state index in [0.717, 1.165) is 11.1 Å². The van der Waals surface area contributed by atoms with Crippen LogP contribution in [0.2, 0.25) is 0 Å². The second-order valence-electron chi connectivity index (χ2n) is 6.96. The largest absolute Gasteiger partial charge is 0.319 e. The Balaban J connectivity index is 1.70. The molecule has 0 aliphatic heterocycles. The van der Waals surface area contributed by atoms with Crippen LogP contribution in [0.5, 0.6) is 0 Å². The highest BCUT2D eigenvalue weighted by Gasteiger charge is 2.16. The summed E-state index contributed by atoms with van der Waals surface area (Å²) < 4.78 is 15.6. The minimum atomic E-state index is -0.703. The van der Waals surface area contributed by atoms with E-state index in [9.17, 15) is 14.4 Å². The molecule has 6 nitrogen and oxygen atoms in total. The molecule has 0 fully saturated rings. The molecule has 0 saturated heterocycles. The van der Waals surface area contributed by atoms with Crippen molar-refractivity contribution in [1.82, 2.24) is 14.8 Å². The number of nitrogens with zero attached hydrogens (tertiary/aromatic N) is 4. The van der Waals surface area contributed by atoms with Crippen molar-refractivity contribution in [2.75, 3.05) is 5.32 Å². The van der Waals surface area contributed by atoms with E-state index in [2.05, 4.69) is 15.4 Å². The summed E-state index contributed by atoms with van der Waals surface area (Å²) in [4.78, 5) is 16.8. The minimum Gasteiger partial charge on any atom is -0.319 e. The van der Waals surface area contributed by atoms with Crippen LogP contribution in [0.4, 0.5) is 10.1 Å². The van der Waals surface area contributed by atoms with Crippen LogP contribution in [0.3, 0.4) is 0 Å². The molecule has 2 aromatic carbocycles. The average Bonchev–Trinajstić information content (AvgIpc) is 3.22. The van der Waals surface area contributed by atoms with Gasteiger partial charge in [-0.25, -0.2) is 4.39 Å². The number of rotatable bonds is 6. The SMILES string of the molecule is N#C/C(=C\c1cn(Cc2ccccc2)nc1-c1cccnc1)C(=O)Nc1ccccc1F. The summed E-state index contributed by atoms with van der Waals surface area (Å²) in [6, 6.07) is 21.1. The van der Waals surface area contributed by atoms with Crippen molar-refractivity contribution >= 4 is 17.7 Å². The molecule has 2 aromatic heterocycles. The average molecular weight is 423 g/mol. The van der Waals surface area contributed by atoms with Crippen molar-refractivity contribution in [3.63, 3.8) is 0 Å². The number of aromatic nitrogens is 3. The first kappa shape index (κ1) is 20.7. The molecule has 1 amide bonds. The Kier molecular flexibility index (Phi) is 6.14. The van der Waals surface area contributed by atoms with E-state index in [4.69, 9.17) is 0 Å². The van der Waals surface area contributed by atoms with Gasteiger partial charge >= 0.3 is 0 Å². The van der Waals surface area contributed by atoms with E-state index in [1.165, 1.54) is 24.3 Å². The third-order valence-electron chi connectivity index (χ3n) is 4.70. The number of nitriles is 1. The zero-order chi connectivity index (χ0) is 22.3. The summed E-state index contributed by atoms with van der Waals surface area (Å²) in [5.74, 6) is -1.28. The monoisotopic (exact) mass is 423 g/mol. The summed E-state index contributed by atoms with van der Waals surface area (Å²) in [5.41, 5.74) is 2.80. The predicted molar refractivity (Wildman–Crippen MR) is 120 cm³/mol. The van der Waals surface area contributed by atoms with E-state index in [1.807, 2.05) is 42.5 Å². The predicted octanol–water partition coefficient (Wildman–Crippen LogP) is 4.68. The Morgan fingerprint density at radius 2 is 1.88 bits per heavy atom. The van der Waals surface area contributed by atoms with Crippen molar-refractivity contribution in [2.24, 2.45) is 0 Å². The third kappa shape index (κ3) is 4.77. The molecule has 7 heteroatoms. The van der Waals surface area contributed by atoms with Crippen LogP contribution in [0.25, 0.3) is 17.3 Å². The summed E-state index contributed by atoms with van der Waals surface area (Å²) in [5, 5.41) is 16.7. The molecule has 0 unspecified atom stereocenters. The highest BCUT2D eigenvalue weighted by atomic mass is 19.1. The topological polar surface area (TPSA) is 83.6 Å².